The summed E-state index contributed by atoms with van der Waals surface area (Å²) in [6.07, 6.45) is 1.62. The lowest BCUT2D eigenvalue weighted by Crippen LogP contribution is -2.20. The van der Waals surface area contributed by atoms with E-state index in [2.05, 4.69) is 67.7 Å². The molecule has 0 N–H and O–H groups in total. The second-order valence-electron chi connectivity index (χ2n) is 7.49. The van der Waals surface area contributed by atoms with E-state index in [9.17, 15) is 4.79 Å². The molecule has 0 aliphatic rings. The van der Waals surface area contributed by atoms with Gasteiger partial charge < -0.3 is 9.47 Å². The Labute approximate surface area is 213 Å². The van der Waals surface area contributed by atoms with Crippen molar-refractivity contribution < 1.29 is 9.47 Å². The zero-order chi connectivity index (χ0) is 23.5. The lowest BCUT2D eigenvalue weighted by molar-refractivity contribution is 0.282. The van der Waals surface area contributed by atoms with Crippen molar-refractivity contribution in [2.24, 2.45) is 5.10 Å². The van der Waals surface area contributed by atoms with Crippen molar-refractivity contribution in [3.05, 3.63) is 95.5 Å². The zero-order valence-electron chi connectivity index (χ0n) is 18.3. The molecule has 1 aromatic heterocycles. The first-order valence-electron chi connectivity index (χ1n) is 10.1. The molecule has 0 amide bonds. The summed E-state index contributed by atoms with van der Waals surface area (Å²) >= 11 is 5.62. The molecule has 4 rings (SSSR count). The van der Waals surface area contributed by atoms with Crippen molar-refractivity contribution in [3.8, 4) is 11.5 Å². The number of methoxy groups -OCH3 is 1. The van der Waals surface area contributed by atoms with Crippen LogP contribution in [0.15, 0.2) is 69.0 Å². The Balaban J connectivity index is 1.63. The zero-order valence-corrected chi connectivity index (χ0v) is 22.0. The normalized spacial score (nSPS) is 11.3. The average Bonchev–Trinajstić information content (AvgIpc) is 2.79. The first-order chi connectivity index (χ1) is 15.9. The van der Waals surface area contributed by atoms with Crippen LogP contribution in [0.2, 0.25) is 0 Å². The topological polar surface area (TPSA) is 65.7 Å². The van der Waals surface area contributed by atoms with E-state index in [4.69, 9.17) is 9.47 Å². The third-order valence-corrected chi connectivity index (χ3v) is 6.34. The third kappa shape index (κ3) is 5.27. The van der Waals surface area contributed by atoms with Crippen molar-refractivity contribution >= 4 is 55.6 Å². The van der Waals surface area contributed by atoms with Gasteiger partial charge >= 0.3 is 0 Å². The average molecular weight is 618 g/mol. The van der Waals surface area contributed by atoms with Crippen molar-refractivity contribution in [2.45, 2.75) is 20.5 Å². The third-order valence-electron chi connectivity index (χ3n) is 5.05. The molecule has 1 heterocycles. The predicted molar refractivity (Wildman–Crippen MR) is 143 cm³/mol. The maximum absolute atomic E-state index is 13.0. The molecule has 0 fully saturated rings. The Morgan fingerprint density at radius 1 is 1.12 bits per heavy atom. The van der Waals surface area contributed by atoms with E-state index < -0.39 is 0 Å². The maximum Gasteiger partial charge on any atom is 0.282 e. The summed E-state index contributed by atoms with van der Waals surface area (Å²) < 4.78 is 14.6. The van der Waals surface area contributed by atoms with Crippen LogP contribution in [0.4, 0.5) is 0 Å². The quantitative estimate of drug-likeness (QED) is 0.201. The SMILES string of the molecule is COc1cc(C=Nn2c(C)nc3ccc(Br)cc3c2=O)cc(I)c1OCc1ccc(C)cc1. The Morgan fingerprint density at radius 2 is 1.88 bits per heavy atom. The second kappa shape index (κ2) is 10.0. The molecule has 0 bridgehead atoms. The molecule has 8 heteroatoms. The molecule has 0 unspecified atom stereocenters. The minimum Gasteiger partial charge on any atom is -0.493 e. The van der Waals surface area contributed by atoms with Crippen LogP contribution in [0.25, 0.3) is 10.9 Å². The highest BCUT2D eigenvalue weighted by atomic mass is 127. The van der Waals surface area contributed by atoms with Crippen LogP contribution in [0.1, 0.15) is 22.5 Å². The van der Waals surface area contributed by atoms with Gasteiger partial charge in [0.15, 0.2) is 11.5 Å². The number of rotatable bonds is 6. The molecule has 0 saturated heterocycles. The highest BCUT2D eigenvalue weighted by Crippen LogP contribution is 2.34. The van der Waals surface area contributed by atoms with Crippen molar-refractivity contribution in [2.75, 3.05) is 7.11 Å². The molecule has 33 heavy (non-hydrogen) atoms. The molecule has 3 aromatic carbocycles. The van der Waals surface area contributed by atoms with Gasteiger partial charge in [-0.2, -0.15) is 9.78 Å². The van der Waals surface area contributed by atoms with Gasteiger partial charge in [0.05, 0.1) is 27.8 Å². The first-order valence-corrected chi connectivity index (χ1v) is 12.0. The minimum absolute atomic E-state index is 0.227. The van der Waals surface area contributed by atoms with Gasteiger partial charge in [0.25, 0.3) is 5.56 Å². The Kier molecular flexibility index (Phi) is 7.14. The second-order valence-corrected chi connectivity index (χ2v) is 9.57. The van der Waals surface area contributed by atoms with E-state index in [-0.39, 0.29) is 5.56 Å². The maximum atomic E-state index is 13.0. The molecule has 0 saturated carbocycles. The number of hydrogen-bond acceptors (Lipinski definition) is 5. The largest absolute Gasteiger partial charge is 0.493 e. The predicted octanol–water partition coefficient (Wildman–Crippen LogP) is 5.85. The van der Waals surface area contributed by atoms with Gasteiger partial charge in [-0.05, 0) is 77.9 Å². The van der Waals surface area contributed by atoms with Gasteiger partial charge in [-0.15, -0.1) is 0 Å². The number of aryl methyl sites for hydroxylation is 2. The Hall–Kier alpha value is -2.72. The smallest absolute Gasteiger partial charge is 0.282 e. The Morgan fingerprint density at radius 3 is 2.61 bits per heavy atom. The van der Waals surface area contributed by atoms with Gasteiger partial charge in [0.2, 0.25) is 0 Å². The minimum atomic E-state index is -0.227. The highest BCUT2D eigenvalue weighted by molar-refractivity contribution is 14.1. The summed E-state index contributed by atoms with van der Waals surface area (Å²) in [6.45, 7) is 4.25. The van der Waals surface area contributed by atoms with Gasteiger partial charge in [-0.1, -0.05) is 45.8 Å². The first kappa shape index (κ1) is 23.4. The summed E-state index contributed by atoms with van der Waals surface area (Å²) in [5, 5.41) is 4.90. The fourth-order valence-corrected chi connectivity index (χ4v) is 4.46. The molecular weight excluding hydrogens is 597 g/mol. The summed E-state index contributed by atoms with van der Waals surface area (Å²) in [4.78, 5) is 17.4. The van der Waals surface area contributed by atoms with Crippen LogP contribution in [0.5, 0.6) is 11.5 Å². The van der Waals surface area contributed by atoms with Crippen LogP contribution >= 0.6 is 38.5 Å². The molecule has 0 aliphatic heterocycles. The molecule has 0 aliphatic carbocycles. The van der Waals surface area contributed by atoms with Gasteiger partial charge in [0.1, 0.15) is 12.4 Å². The van der Waals surface area contributed by atoms with Crippen LogP contribution < -0.4 is 15.0 Å². The number of ether oxygens (including phenoxy) is 2. The van der Waals surface area contributed by atoms with Gasteiger partial charge in [-0.3, -0.25) is 4.79 Å². The number of hydrogen-bond donors (Lipinski definition) is 0. The summed E-state index contributed by atoms with van der Waals surface area (Å²) in [5.74, 6) is 1.77. The van der Waals surface area contributed by atoms with E-state index in [1.54, 1.807) is 26.3 Å². The van der Waals surface area contributed by atoms with Crippen molar-refractivity contribution in [3.63, 3.8) is 0 Å². The standard InChI is InChI=1S/C25H21BrIN3O3/c1-15-4-6-17(7-5-15)14-33-24-21(27)10-18(11-23(24)32-3)13-28-30-16(2)29-22-9-8-19(26)12-20(22)25(30)31/h4-13H,14H2,1-3H3. The van der Waals surface area contributed by atoms with Crippen LogP contribution in [-0.4, -0.2) is 23.0 Å². The number of fused-ring (bicyclic) bond motifs is 1. The summed E-state index contributed by atoms with van der Waals surface area (Å²) in [5.41, 5.74) is 3.47. The molecule has 168 valence electrons. The van der Waals surface area contributed by atoms with Crippen molar-refractivity contribution in [1.29, 1.82) is 0 Å². The molecule has 0 atom stereocenters. The molecule has 0 spiro atoms. The van der Waals surface area contributed by atoms with Crippen LogP contribution in [0.3, 0.4) is 0 Å². The van der Waals surface area contributed by atoms with Crippen molar-refractivity contribution in [1.82, 2.24) is 9.66 Å². The summed E-state index contributed by atoms with van der Waals surface area (Å²) in [6, 6.07) is 17.4. The fraction of sp³-hybridized carbons (Fsp3) is 0.160. The molecule has 6 nitrogen and oxygen atoms in total. The van der Waals surface area contributed by atoms with E-state index >= 15 is 0 Å². The lowest BCUT2D eigenvalue weighted by atomic mass is 10.2. The molecule has 0 radical (unpaired) electrons. The number of benzene rings is 3. The number of aromatic nitrogens is 2. The molecular formula is C25H21BrIN3O3. The van der Waals surface area contributed by atoms with Gasteiger partial charge in [0, 0.05) is 4.47 Å². The van der Waals surface area contributed by atoms with E-state index in [1.807, 2.05) is 36.4 Å². The highest BCUT2D eigenvalue weighted by Gasteiger charge is 2.12. The Bertz CT molecular complexity index is 1420. The fourth-order valence-electron chi connectivity index (χ4n) is 3.31. The monoisotopic (exact) mass is 617 g/mol. The van der Waals surface area contributed by atoms with Crippen LogP contribution in [0, 0.1) is 17.4 Å². The van der Waals surface area contributed by atoms with E-state index in [1.165, 1.54) is 10.2 Å². The lowest BCUT2D eigenvalue weighted by Gasteiger charge is -2.14. The van der Waals surface area contributed by atoms with Gasteiger partial charge in [-0.25, -0.2) is 4.98 Å². The summed E-state index contributed by atoms with van der Waals surface area (Å²) in [7, 11) is 1.60. The number of halogens is 2. The van der Waals surface area contributed by atoms with E-state index in [0.717, 1.165) is 19.2 Å². The molecule has 4 aromatic rings. The number of nitrogens with zero attached hydrogens (tertiary/aromatic N) is 3. The van der Waals surface area contributed by atoms with Crippen LogP contribution in [-0.2, 0) is 6.61 Å². The van der Waals surface area contributed by atoms with E-state index in [0.29, 0.717) is 34.8 Å².